The summed E-state index contributed by atoms with van der Waals surface area (Å²) >= 11 is 6.05. The molecule has 132 valence electrons. The largest absolute Gasteiger partial charge is 0.490 e. The van der Waals surface area contributed by atoms with Crippen LogP contribution in [-0.2, 0) is 4.79 Å². The molecule has 0 aromatic heterocycles. The second kappa shape index (κ2) is 7.66. The molecule has 1 aliphatic rings. The average Bonchev–Trinajstić information content (AvgIpc) is 2.62. The highest BCUT2D eigenvalue weighted by molar-refractivity contribution is 6.32. The van der Waals surface area contributed by atoms with Gasteiger partial charge >= 0.3 is 0 Å². The average molecular weight is 362 g/mol. The van der Waals surface area contributed by atoms with Crippen LogP contribution in [0, 0.1) is 0 Å². The van der Waals surface area contributed by atoms with Crippen LogP contribution in [0.25, 0.3) is 0 Å². The maximum atomic E-state index is 12.7. The molecule has 25 heavy (non-hydrogen) atoms. The lowest BCUT2D eigenvalue weighted by Gasteiger charge is -2.33. The molecule has 0 bridgehead atoms. The summed E-state index contributed by atoms with van der Waals surface area (Å²) in [4.78, 5) is 14.2. The Morgan fingerprint density at radius 3 is 2.48 bits per heavy atom. The first kappa shape index (κ1) is 17.4. The number of amides is 1. The van der Waals surface area contributed by atoms with Crippen LogP contribution in [0.5, 0.6) is 17.2 Å². The number of nitrogens with zero attached hydrogens (tertiary/aromatic N) is 1. The fourth-order valence-electron chi connectivity index (χ4n) is 2.57. The SMILES string of the molecule is C[C@@H]1Oc2ccccc2O[C@H]1C(=O)N(C)CCOc1ccccc1Cl. The molecule has 0 saturated carbocycles. The van der Waals surface area contributed by atoms with Crippen LogP contribution in [0.3, 0.4) is 0 Å². The molecule has 3 rings (SSSR count). The molecule has 0 unspecified atom stereocenters. The maximum Gasteiger partial charge on any atom is 0.267 e. The normalized spacial score (nSPS) is 18.5. The highest BCUT2D eigenvalue weighted by Crippen LogP contribution is 2.33. The highest BCUT2D eigenvalue weighted by atomic mass is 35.5. The monoisotopic (exact) mass is 361 g/mol. The zero-order valence-electron chi connectivity index (χ0n) is 14.1. The van der Waals surface area contributed by atoms with Gasteiger partial charge in [-0.25, -0.2) is 0 Å². The van der Waals surface area contributed by atoms with Crippen molar-refractivity contribution in [3.8, 4) is 17.2 Å². The van der Waals surface area contributed by atoms with Gasteiger partial charge in [-0.15, -0.1) is 0 Å². The van der Waals surface area contributed by atoms with Crippen molar-refractivity contribution in [2.24, 2.45) is 0 Å². The van der Waals surface area contributed by atoms with E-state index in [0.717, 1.165) is 0 Å². The quantitative estimate of drug-likeness (QED) is 0.818. The molecule has 6 heteroatoms. The molecule has 2 atom stereocenters. The van der Waals surface area contributed by atoms with E-state index in [0.29, 0.717) is 35.4 Å². The molecule has 0 spiro atoms. The number of benzene rings is 2. The minimum Gasteiger partial charge on any atom is -0.490 e. The van der Waals surface area contributed by atoms with Crippen molar-refractivity contribution in [3.63, 3.8) is 0 Å². The third kappa shape index (κ3) is 3.99. The van der Waals surface area contributed by atoms with Crippen LogP contribution >= 0.6 is 11.6 Å². The van der Waals surface area contributed by atoms with Crippen molar-refractivity contribution >= 4 is 17.5 Å². The minimum absolute atomic E-state index is 0.148. The Hall–Kier alpha value is -2.40. The Morgan fingerprint density at radius 2 is 1.76 bits per heavy atom. The van der Waals surface area contributed by atoms with Gasteiger partial charge in [0.05, 0.1) is 11.6 Å². The second-order valence-electron chi connectivity index (χ2n) is 5.85. The molecule has 2 aromatic rings. The molecule has 0 N–H and O–H groups in total. The third-order valence-electron chi connectivity index (χ3n) is 3.98. The Morgan fingerprint density at radius 1 is 1.12 bits per heavy atom. The summed E-state index contributed by atoms with van der Waals surface area (Å²) < 4.78 is 17.2. The van der Waals surface area contributed by atoms with Crippen LogP contribution in [-0.4, -0.2) is 43.2 Å². The molecule has 0 saturated heterocycles. The number of hydrogen-bond donors (Lipinski definition) is 0. The van der Waals surface area contributed by atoms with Crippen LogP contribution < -0.4 is 14.2 Å². The second-order valence-corrected chi connectivity index (χ2v) is 6.25. The summed E-state index contributed by atoms with van der Waals surface area (Å²) in [6.45, 7) is 2.58. The molecular formula is C19H20ClNO4. The zero-order valence-corrected chi connectivity index (χ0v) is 14.9. The summed E-state index contributed by atoms with van der Waals surface area (Å²) in [6, 6.07) is 14.6. The third-order valence-corrected chi connectivity index (χ3v) is 4.30. The van der Waals surface area contributed by atoms with Crippen molar-refractivity contribution < 1.29 is 19.0 Å². The fourth-order valence-corrected chi connectivity index (χ4v) is 2.76. The Bertz CT molecular complexity index is 752. The molecule has 1 heterocycles. The van der Waals surface area contributed by atoms with E-state index in [9.17, 15) is 4.79 Å². The Kier molecular flexibility index (Phi) is 5.34. The first-order valence-electron chi connectivity index (χ1n) is 8.11. The first-order valence-corrected chi connectivity index (χ1v) is 8.48. The maximum absolute atomic E-state index is 12.7. The molecule has 0 fully saturated rings. The van der Waals surface area contributed by atoms with Crippen molar-refractivity contribution in [2.45, 2.75) is 19.1 Å². The van der Waals surface area contributed by atoms with Gasteiger partial charge in [0.1, 0.15) is 18.5 Å². The predicted molar refractivity (Wildman–Crippen MR) is 95.5 cm³/mol. The number of halogens is 1. The topological polar surface area (TPSA) is 48.0 Å². The van der Waals surface area contributed by atoms with Crippen LogP contribution in [0.15, 0.2) is 48.5 Å². The number of carbonyl (C=O) groups excluding carboxylic acids is 1. The number of likely N-dealkylation sites (N-methyl/N-ethyl adjacent to an activating group) is 1. The van der Waals surface area contributed by atoms with Crippen molar-refractivity contribution in [3.05, 3.63) is 53.6 Å². The van der Waals surface area contributed by atoms with E-state index >= 15 is 0 Å². The molecule has 1 amide bonds. The number of hydrogen-bond acceptors (Lipinski definition) is 4. The fraction of sp³-hybridized carbons (Fsp3) is 0.316. The highest BCUT2D eigenvalue weighted by Gasteiger charge is 2.35. The summed E-state index contributed by atoms with van der Waals surface area (Å²) in [6.07, 6.45) is -1.05. The number of ether oxygens (including phenoxy) is 3. The van der Waals surface area contributed by atoms with E-state index in [-0.39, 0.29) is 12.0 Å². The summed E-state index contributed by atoms with van der Waals surface area (Å²) in [5.74, 6) is 1.69. The van der Waals surface area contributed by atoms with Gasteiger partial charge in [-0.2, -0.15) is 0 Å². The van der Waals surface area contributed by atoms with Gasteiger partial charge in [-0.1, -0.05) is 35.9 Å². The molecule has 5 nitrogen and oxygen atoms in total. The van der Waals surface area contributed by atoms with Crippen LogP contribution in [0.4, 0.5) is 0 Å². The summed E-state index contributed by atoms with van der Waals surface area (Å²) in [5, 5.41) is 0.547. The molecule has 2 aromatic carbocycles. The van der Waals surface area contributed by atoms with E-state index in [1.54, 1.807) is 30.1 Å². The number of rotatable bonds is 5. The van der Waals surface area contributed by atoms with Gasteiger partial charge in [0.25, 0.3) is 5.91 Å². The van der Waals surface area contributed by atoms with Gasteiger partial charge in [0.15, 0.2) is 11.5 Å². The lowest BCUT2D eigenvalue weighted by atomic mass is 10.1. The summed E-state index contributed by atoms with van der Waals surface area (Å²) in [5.41, 5.74) is 0. The van der Waals surface area contributed by atoms with Crippen molar-refractivity contribution in [1.29, 1.82) is 0 Å². The van der Waals surface area contributed by atoms with E-state index < -0.39 is 6.10 Å². The van der Waals surface area contributed by atoms with Gasteiger partial charge in [-0.05, 0) is 31.2 Å². The van der Waals surface area contributed by atoms with E-state index in [1.807, 2.05) is 37.3 Å². The van der Waals surface area contributed by atoms with Gasteiger partial charge < -0.3 is 19.1 Å². The van der Waals surface area contributed by atoms with Gasteiger partial charge in [0.2, 0.25) is 6.10 Å². The van der Waals surface area contributed by atoms with E-state index in [4.69, 9.17) is 25.8 Å². The molecule has 0 aliphatic carbocycles. The molecule has 1 aliphatic heterocycles. The summed E-state index contributed by atoms with van der Waals surface area (Å²) in [7, 11) is 1.72. The number of fused-ring (bicyclic) bond motifs is 1. The molecule has 0 radical (unpaired) electrons. The van der Waals surface area contributed by atoms with Gasteiger partial charge in [0, 0.05) is 7.05 Å². The Labute approximate surface area is 152 Å². The van der Waals surface area contributed by atoms with Crippen LogP contribution in [0.2, 0.25) is 5.02 Å². The van der Waals surface area contributed by atoms with Gasteiger partial charge in [-0.3, -0.25) is 4.79 Å². The van der Waals surface area contributed by atoms with E-state index in [2.05, 4.69) is 0 Å². The lowest BCUT2D eigenvalue weighted by Crippen LogP contribution is -2.50. The predicted octanol–water partition coefficient (Wildman–Crippen LogP) is 3.41. The minimum atomic E-state index is -0.680. The standard InChI is InChI=1S/C19H20ClNO4/c1-13-18(25-17-10-6-5-9-16(17)24-13)19(22)21(2)11-12-23-15-8-4-3-7-14(15)20/h3-10,13,18H,11-12H2,1-2H3/t13-,18+/m0/s1. The van der Waals surface area contributed by atoms with E-state index in [1.165, 1.54) is 0 Å². The number of carbonyl (C=O) groups is 1. The van der Waals surface area contributed by atoms with Crippen LogP contribution in [0.1, 0.15) is 6.92 Å². The Balaban J connectivity index is 1.56. The van der Waals surface area contributed by atoms with Crippen molar-refractivity contribution in [2.75, 3.05) is 20.2 Å². The zero-order chi connectivity index (χ0) is 17.8. The lowest BCUT2D eigenvalue weighted by molar-refractivity contribution is -0.143. The van der Waals surface area contributed by atoms with Crippen molar-refractivity contribution in [1.82, 2.24) is 4.90 Å². The number of para-hydroxylation sites is 3. The molecular weight excluding hydrogens is 342 g/mol. The smallest absolute Gasteiger partial charge is 0.267 e. The first-order chi connectivity index (χ1) is 12.1.